The standard InChI is InChI=1S/C19H23N3O5S/c1-3-15-4-6-16(7-5-15)28(25,26)20-17-8-9-22(19(17)24)14(2)18(23)21-10-12-27-13-11-21/h1,4-7,14,17,20H,8-13H2,2H3/t14-,17-/m0/s1. The molecular formula is C19H23N3O5S. The zero-order chi connectivity index (χ0) is 20.3. The van der Waals surface area contributed by atoms with Gasteiger partial charge in [0.15, 0.2) is 0 Å². The maximum atomic E-state index is 12.7. The topological polar surface area (TPSA) is 96.0 Å². The number of hydrogen-bond donors (Lipinski definition) is 1. The lowest BCUT2D eigenvalue weighted by molar-refractivity contribution is -0.146. The molecule has 0 saturated carbocycles. The van der Waals surface area contributed by atoms with Crippen LogP contribution in [-0.4, -0.2) is 75.0 Å². The SMILES string of the molecule is C#Cc1ccc(S(=O)(=O)N[C@H]2CCN([C@@H](C)C(=O)N3CCOCC3)C2=O)cc1. The summed E-state index contributed by atoms with van der Waals surface area (Å²) in [6.45, 7) is 3.94. The molecule has 0 unspecified atom stereocenters. The third-order valence-electron chi connectivity index (χ3n) is 5.02. The van der Waals surface area contributed by atoms with Gasteiger partial charge < -0.3 is 14.5 Å². The highest BCUT2D eigenvalue weighted by Gasteiger charge is 2.40. The van der Waals surface area contributed by atoms with Crippen LogP contribution in [0.2, 0.25) is 0 Å². The van der Waals surface area contributed by atoms with Crippen LogP contribution in [0.1, 0.15) is 18.9 Å². The maximum absolute atomic E-state index is 12.7. The summed E-state index contributed by atoms with van der Waals surface area (Å²) in [6, 6.07) is 4.33. The minimum Gasteiger partial charge on any atom is -0.378 e. The van der Waals surface area contributed by atoms with Crippen molar-refractivity contribution in [1.29, 1.82) is 0 Å². The molecule has 2 atom stereocenters. The molecule has 8 nitrogen and oxygen atoms in total. The van der Waals surface area contributed by atoms with Crippen molar-refractivity contribution < 1.29 is 22.7 Å². The maximum Gasteiger partial charge on any atom is 0.245 e. The summed E-state index contributed by atoms with van der Waals surface area (Å²) in [5.41, 5.74) is 0.567. The summed E-state index contributed by atoms with van der Waals surface area (Å²) in [6.07, 6.45) is 5.58. The Labute approximate surface area is 164 Å². The quantitative estimate of drug-likeness (QED) is 0.684. The van der Waals surface area contributed by atoms with Crippen molar-refractivity contribution in [3.8, 4) is 12.3 Å². The first-order valence-corrected chi connectivity index (χ1v) is 10.6. The minimum absolute atomic E-state index is 0.0372. The molecule has 28 heavy (non-hydrogen) atoms. The number of likely N-dealkylation sites (tertiary alicyclic amines) is 1. The third kappa shape index (κ3) is 4.19. The zero-order valence-electron chi connectivity index (χ0n) is 15.6. The summed E-state index contributed by atoms with van der Waals surface area (Å²) in [5, 5.41) is 0. The summed E-state index contributed by atoms with van der Waals surface area (Å²) >= 11 is 0. The number of terminal acetylenes is 1. The second kappa shape index (κ2) is 8.31. The van der Waals surface area contributed by atoms with E-state index in [1.807, 2.05) is 0 Å². The lowest BCUT2D eigenvalue weighted by atomic mass is 10.2. The highest BCUT2D eigenvalue weighted by molar-refractivity contribution is 7.89. The Balaban J connectivity index is 1.66. The van der Waals surface area contributed by atoms with Crippen molar-refractivity contribution in [2.24, 2.45) is 0 Å². The fourth-order valence-electron chi connectivity index (χ4n) is 3.36. The Morgan fingerprint density at radius 2 is 1.89 bits per heavy atom. The molecule has 0 bridgehead atoms. The molecule has 0 aliphatic carbocycles. The lowest BCUT2D eigenvalue weighted by Crippen LogP contribution is -2.52. The van der Waals surface area contributed by atoms with Gasteiger partial charge in [0.05, 0.1) is 18.1 Å². The Morgan fingerprint density at radius 1 is 1.25 bits per heavy atom. The van der Waals surface area contributed by atoms with Gasteiger partial charge in [0.2, 0.25) is 21.8 Å². The number of carbonyl (C=O) groups excluding carboxylic acids is 2. The van der Waals surface area contributed by atoms with E-state index in [1.165, 1.54) is 29.2 Å². The third-order valence-corrected chi connectivity index (χ3v) is 6.50. The second-order valence-electron chi connectivity index (χ2n) is 6.78. The number of nitrogens with one attached hydrogen (secondary N) is 1. The van der Waals surface area contributed by atoms with Gasteiger partial charge >= 0.3 is 0 Å². The zero-order valence-corrected chi connectivity index (χ0v) is 16.4. The van der Waals surface area contributed by atoms with Crippen LogP contribution in [0.3, 0.4) is 0 Å². The van der Waals surface area contributed by atoms with Gasteiger partial charge in [0, 0.05) is 25.2 Å². The molecule has 3 rings (SSSR count). The van der Waals surface area contributed by atoms with Gasteiger partial charge in [-0.05, 0) is 37.6 Å². The Bertz CT molecular complexity index is 885. The molecule has 0 spiro atoms. The largest absolute Gasteiger partial charge is 0.378 e. The smallest absolute Gasteiger partial charge is 0.245 e. The van der Waals surface area contributed by atoms with E-state index in [2.05, 4.69) is 10.6 Å². The van der Waals surface area contributed by atoms with Crippen LogP contribution < -0.4 is 4.72 Å². The fourth-order valence-corrected chi connectivity index (χ4v) is 4.59. The van der Waals surface area contributed by atoms with Crippen molar-refractivity contribution in [3.63, 3.8) is 0 Å². The summed E-state index contributed by atoms with van der Waals surface area (Å²) < 4.78 is 32.8. The van der Waals surface area contributed by atoms with Crippen LogP contribution in [0.4, 0.5) is 0 Å². The van der Waals surface area contributed by atoms with Crippen molar-refractivity contribution in [1.82, 2.24) is 14.5 Å². The number of nitrogens with zero attached hydrogens (tertiary/aromatic N) is 2. The molecule has 1 aromatic carbocycles. The molecule has 2 saturated heterocycles. The van der Waals surface area contributed by atoms with Gasteiger partial charge in [-0.25, -0.2) is 8.42 Å². The molecule has 2 heterocycles. The predicted octanol–water partition coefficient (Wildman–Crippen LogP) is -0.206. The van der Waals surface area contributed by atoms with E-state index in [0.29, 0.717) is 44.8 Å². The molecule has 1 aromatic rings. The van der Waals surface area contributed by atoms with Gasteiger partial charge in [-0.15, -0.1) is 6.42 Å². The minimum atomic E-state index is -3.87. The number of rotatable bonds is 5. The van der Waals surface area contributed by atoms with Crippen LogP contribution >= 0.6 is 0 Å². The van der Waals surface area contributed by atoms with E-state index >= 15 is 0 Å². The average Bonchev–Trinajstić information content (AvgIpc) is 3.07. The van der Waals surface area contributed by atoms with Crippen LogP contribution in [-0.2, 0) is 24.3 Å². The molecule has 9 heteroatoms. The summed E-state index contributed by atoms with van der Waals surface area (Å²) in [5.74, 6) is 1.88. The number of sulfonamides is 1. The monoisotopic (exact) mass is 405 g/mol. The van der Waals surface area contributed by atoms with Crippen LogP contribution in [0, 0.1) is 12.3 Å². The molecule has 2 aliphatic rings. The van der Waals surface area contributed by atoms with Gasteiger partial charge in [-0.3, -0.25) is 9.59 Å². The molecule has 0 radical (unpaired) electrons. The first-order chi connectivity index (χ1) is 13.3. The number of ether oxygens (including phenoxy) is 1. The molecule has 2 aliphatic heterocycles. The van der Waals surface area contributed by atoms with Gasteiger partial charge in [0.1, 0.15) is 12.1 Å². The molecule has 2 fully saturated rings. The number of hydrogen-bond acceptors (Lipinski definition) is 5. The van der Waals surface area contributed by atoms with Crippen molar-refractivity contribution in [2.45, 2.75) is 30.3 Å². The van der Waals surface area contributed by atoms with E-state index in [1.54, 1.807) is 11.8 Å². The van der Waals surface area contributed by atoms with Gasteiger partial charge in [-0.1, -0.05) is 5.92 Å². The van der Waals surface area contributed by atoms with Crippen LogP contribution in [0.25, 0.3) is 0 Å². The van der Waals surface area contributed by atoms with Crippen molar-refractivity contribution in [3.05, 3.63) is 29.8 Å². The van der Waals surface area contributed by atoms with Gasteiger partial charge in [0.25, 0.3) is 0 Å². The number of carbonyl (C=O) groups is 2. The Hall–Kier alpha value is -2.41. The fraction of sp³-hybridized carbons (Fsp3) is 0.474. The predicted molar refractivity (Wildman–Crippen MR) is 102 cm³/mol. The normalized spacial score (nSPS) is 21.4. The number of amides is 2. The summed E-state index contributed by atoms with van der Waals surface area (Å²) in [7, 11) is -3.87. The first-order valence-electron chi connectivity index (χ1n) is 9.09. The van der Waals surface area contributed by atoms with Crippen molar-refractivity contribution in [2.75, 3.05) is 32.8 Å². The molecule has 0 aromatic heterocycles. The second-order valence-corrected chi connectivity index (χ2v) is 8.49. The molecular weight excluding hydrogens is 382 g/mol. The highest BCUT2D eigenvalue weighted by atomic mass is 32.2. The van der Waals surface area contributed by atoms with Crippen molar-refractivity contribution >= 4 is 21.8 Å². The molecule has 1 N–H and O–H groups in total. The average molecular weight is 405 g/mol. The molecule has 150 valence electrons. The van der Waals surface area contributed by atoms with Gasteiger partial charge in [-0.2, -0.15) is 4.72 Å². The van der Waals surface area contributed by atoms with E-state index in [9.17, 15) is 18.0 Å². The number of benzene rings is 1. The van der Waals surface area contributed by atoms with E-state index < -0.39 is 28.0 Å². The summed E-state index contributed by atoms with van der Waals surface area (Å²) in [4.78, 5) is 28.5. The van der Waals surface area contributed by atoms with Crippen LogP contribution in [0.15, 0.2) is 29.2 Å². The molecule has 2 amide bonds. The van der Waals surface area contributed by atoms with E-state index in [-0.39, 0.29) is 10.8 Å². The number of morpholine rings is 1. The van der Waals surface area contributed by atoms with Crippen LogP contribution in [0.5, 0.6) is 0 Å². The lowest BCUT2D eigenvalue weighted by Gasteiger charge is -2.32. The highest BCUT2D eigenvalue weighted by Crippen LogP contribution is 2.19. The Kier molecular flexibility index (Phi) is 6.03. The first kappa shape index (κ1) is 20.3. The van der Waals surface area contributed by atoms with E-state index in [4.69, 9.17) is 11.2 Å². The van der Waals surface area contributed by atoms with E-state index in [0.717, 1.165) is 0 Å². The Morgan fingerprint density at radius 3 is 2.50 bits per heavy atom.